The largest absolute Gasteiger partial charge is 0.505 e. The molecule has 0 aliphatic carbocycles. The van der Waals surface area contributed by atoms with Gasteiger partial charge in [0.05, 0.1) is 16.8 Å². The van der Waals surface area contributed by atoms with Crippen molar-refractivity contribution in [2.45, 2.75) is 18.7 Å². The Labute approximate surface area is 189 Å². The number of aryl methyl sites for hydroxylation is 2. The third-order valence-corrected chi connectivity index (χ3v) is 6.07. The lowest BCUT2D eigenvalue weighted by atomic mass is 10.0. The fourth-order valence-corrected chi connectivity index (χ4v) is 3.79. The highest BCUT2D eigenvalue weighted by Crippen LogP contribution is 2.38. The molecule has 4 aromatic rings. The average Bonchev–Trinajstić information content (AvgIpc) is 3.15. The number of nitrogens with zero attached hydrogens (tertiary/aromatic N) is 3. The minimum Gasteiger partial charge on any atom is -0.505 e. The smallest absolute Gasteiger partial charge is 0.298 e. The number of aromatic hydroxyl groups is 1. The predicted octanol–water partition coefficient (Wildman–Crippen LogP) is 4.82. The number of para-hydroxylation sites is 1. The van der Waals surface area contributed by atoms with Gasteiger partial charge < -0.3 is 5.11 Å². The topological polar surface area (TPSA) is 137 Å². The Morgan fingerprint density at radius 1 is 0.909 bits per heavy atom. The molecule has 0 bridgehead atoms. The van der Waals surface area contributed by atoms with Crippen LogP contribution in [-0.4, -0.2) is 27.9 Å². The maximum atomic E-state index is 12.7. The van der Waals surface area contributed by atoms with Gasteiger partial charge in [-0.3, -0.25) is 14.4 Å². The summed E-state index contributed by atoms with van der Waals surface area (Å²) in [5.74, 6) is -0.251. The SMILES string of the molecule is Cc1ccc(-n2[nH]cc(N=Nc3cccc(-c4cccc(S(=O)(=O)O)c4)c3O)c2=O)cc1C. The summed E-state index contributed by atoms with van der Waals surface area (Å²) in [6, 6.07) is 15.8. The number of benzene rings is 3. The van der Waals surface area contributed by atoms with Crippen LogP contribution in [0.1, 0.15) is 11.1 Å². The van der Waals surface area contributed by atoms with Gasteiger partial charge in [0.25, 0.3) is 15.7 Å². The highest BCUT2D eigenvalue weighted by atomic mass is 32.2. The van der Waals surface area contributed by atoms with Gasteiger partial charge in [0.1, 0.15) is 5.69 Å². The van der Waals surface area contributed by atoms with Crippen LogP contribution in [-0.2, 0) is 10.1 Å². The minimum absolute atomic E-state index is 0.0476. The quantitative estimate of drug-likeness (QED) is 0.287. The van der Waals surface area contributed by atoms with Gasteiger partial charge in [-0.2, -0.15) is 8.42 Å². The van der Waals surface area contributed by atoms with Crippen molar-refractivity contribution in [3.8, 4) is 22.6 Å². The first-order valence-corrected chi connectivity index (χ1v) is 11.3. The van der Waals surface area contributed by atoms with Crippen LogP contribution in [0.2, 0.25) is 0 Å². The van der Waals surface area contributed by atoms with Crippen molar-refractivity contribution in [2.24, 2.45) is 10.2 Å². The van der Waals surface area contributed by atoms with Crippen molar-refractivity contribution in [3.05, 3.63) is 88.3 Å². The molecule has 0 fully saturated rings. The molecule has 0 aliphatic heterocycles. The van der Waals surface area contributed by atoms with Gasteiger partial charge in [-0.25, -0.2) is 4.68 Å². The highest BCUT2D eigenvalue weighted by molar-refractivity contribution is 7.85. The van der Waals surface area contributed by atoms with Crippen molar-refractivity contribution in [2.75, 3.05) is 0 Å². The fourth-order valence-electron chi connectivity index (χ4n) is 3.27. The molecule has 0 atom stereocenters. The molecule has 3 N–H and O–H groups in total. The Morgan fingerprint density at radius 3 is 2.36 bits per heavy atom. The summed E-state index contributed by atoms with van der Waals surface area (Å²) in [5, 5.41) is 21.5. The number of H-pyrrole nitrogens is 1. The molecule has 0 spiro atoms. The summed E-state index contributed by atoms with van der Waals surface area (Å²) < 4.78 is 33.5. The molecule has 168 valence electrons. The molecule has 33 heavy (non-hydrogen) atoms. The first kappa shape index (κ1) is 22.2. The van der Waals surface area contributed by atoms with E-state index in [0.717, 1.165) is 11.1 Å². The summed E-state index contributed by atoms with van der Waals surface area (Å²) in [6.45, 7) is 3.94. The van der Waals surface area contributed by atoms with E-state index in [4.69, 9.17) is 0 Å². The summed E-state index contributed by atoms with van der Waals surface area (Å²) in [7, 11) is -4.40. The van der Waals surface area contributed by atoms with Gasteiger partial charge in [-0.05, 0) is 60.9 Å². The van der Waals surface area contributed by atoms with E-state index in [1.165, 1.54) is 35.1 Å². The van der Waals surface area contributed by atoms with Crippen molar-refractivity contribution in [1.29, 1.82) is 0 Å². The number of hydrogen-bond donors (Lipinski definition) is 3. The standard InChI is InChI=1S/C23H20N4O5S/c1-14-9-10-17(11-15(14)2)27-23(29)21(13-24-27)26-25-20-8-4-7-19(22(20)28)16-5-3-6-18(12-16)33(30,31)32/h3-13,24,28H,1-2H3,(H,30,31,32). The zero-order valence-corrected chi connectivity index (χ0v) is 18.5. The minimum atomic E-state index is -4.40. The molecule has 9 nitrogen and oxygen atoms in total. The summed E-state index contributed by atoms with van der Waals surface area (Å²) in [6.07, 6.45) is 1.41. The first-order chi connectivity index (χ1) is 15.6. The number of rotatable bonds is 5. The van der Waals surface area contributed by atoms with Crippen LogP contribution in [0, 0.1) is 13.8 Å². The third-order valence-electron chi connectivity index (χ3n) is 5.22. The van der Waals surface area contributed by atoms with Crippen LogP contribution in [0.5, 0.6) is 5.75 Å². The Morgan fingerprint density at radius 2 is 1.64 bits per heavy atom. The van der Waals surface area contributed by atoms with Gasteiger partial charge in [-0.15, -0.1) is 10.2 Å². The molecule has 3 aromatic carbocycles. The molecular formula is C23H20N4O5S. The van der Waals surface area contributed by atoms with E-state index in [2.05, 4.69) is 15.3 Å². The van der Waals surface area contributed by atoms with E-state index in [1.54, 1.807) is 18.2 Å². The monoisotopic (exact) mass is 464 g/mol. The first-order valence-electron chi connectivity index (χ1n) is 9.85. The number of aromatic nitrogens is 2. The van der Waals surface area contributed by atoms with Crippen LogP contribution < -0.4 is 5.56 Å². The van der Waals surface area contributed by atoms with Crippen molar-refractivity contribution in [3.63, 3.8) is 0 Å². The normalized spacial score (nSPS) is 11.8. The van der Waals surface area contributed by atoms with E-state index in [9.17, 15) is 22.9 Å². The second kappa shape index (κ2) is 8.49. The molecule has 4 rings (SSSR count). The highest BCUT2D eigenvalue weighted by Gasteiger charge is 2.14. The van der Waals surface area contributed by atoms with Crippen molar-refractivity contribution >= 4 is 21.5 Å². The summed E-state index contributed by atoms with van der Waals surface area (Å²) in [4.78, 5) is 12.4. The number of phenols is 1. The van der Waals surface area contributed by atoms with Crippen molar-refractivity contribution in [1.82, 2.24) is 9.78 Å². The molecule has 1 heterocycles. The van der Waals surface area contributed by atoms with Gasteiger partial charge in [0.15, 0.2) is 11.4 Å². The number of azo groups is 1. The molecule has 0 radical (unpaired) electrons. The summed E-state index contributed by atoms with van der Waals surface area (Å²) >= 11 is 0. The number of hydrogen-bond acceptors (Lipinski definition) is 6. The van der Waals surface area contributed by atoms with Crippen LogP contribution in [0.3, 0.4) is 0 Å². The lowest BCUT2D eigenvalue weighted by Gasteiger charge is -2.07. The van der Waals surface area contributed by atoms with E-state index >= 15 is 0 Å². The molecule has 0 saturated heterocycles. The van der Waals surface area contributed by atoms with Gasteiger partial charge >= 0.3 is 0 Å². The van der Waals surface area contributed by atoms with E-state index < -0.39 is 15.7 Å². The molecule has 0 saturated carbocycles. The second-order valence-electron chi connectivity index (χ2n) is 7.44. The number of aromatic amines is 1. The zero-order chi connectivity index (χ0) is 23.8. The lowest BCUT2D eigenvalue weighted by molar-refractivity contribution is 0.477. The second-order valence-corrected chi connectivity index (χ2v) is 8.87. The van der Waals surface area contributed by atoms with E-state index in [0.29, 0.717) is 16.8 Å². The van der Waals surface area contributed by atoms with E-state index in [-0.39, 0.29) is 22.0 Å². The Hall–Kier alpha value is -4.02. The summed E-state index contributed by atoms with van der Waals surface area (Å²) in [5.41, 5.74) is 3.19. The number of phenolic OH excluding ortho intramolecular Hbond substituents is 1. The van der Waals surface area contributed by atoms with E-state index in [1.807, 2.05) is 32.0 Å². The Kier molecular flexibility index (Phi) is 5.71. The van der Waals surface area contributed by atoms with Gasteiger partial charge in [0.2, 0.25) is 0 Å². The zero-order valence-electron chi connectivity index (χ0n) is 17.7. The average molecular weight is 465 g/mol. The third kappa shape index (κ3) is 4.47. The fraction of sp³-hybridized carbons (Fsp3) is 0.0870. The molecule has 0 amide bonds. The molecule has 0 unspecified atom stereocenters. The van der Waals surface area contributed by atoms with Crippen LogP contribution in [0.25, 0.3) is 16.8 Å². The lowest BCUT2D eigenvalue weighted by Crippen LogP contribution is -2.14. The number of nitrogens with one attached hydrogen (secondary N) is 1. The Bertz CT molecular complexity index is 1550. The maximum absolute atomic E-state index is 12.7. The van der Waals surface area contributed by atoms with Gasteiger partial charge in [-0.1, -0.05) is 30.3 Å². The Balaban J connectivity index is 1.68. The van der Waals surface area contributed by atoms with Crippen molar-refractivity contribution < 1.29 is 18.1 Å². The van der Waals surface area contributed by atoms with Crippen LogP contribution in [0.4, 0.5) is 11.4 Å². The maximum Gasteiger partial charge on any atom is 0.298 e. The van der Waals surface area contributed by atoms with Gasteiger partial charge in [0, 0.05) is 5.56 Å². The predicted molar refractivity (Wildman–Crippen MR) is 123 cm³/mol. The molecular weight excluding hydrogens is 444 g/mol. The molecule has 0 aliphatic rings. The molecule has 10 heteroatoms. The van der Waals surface area contributed by atoms with Crippen LogP contribution >= 0.6 is 0 Å². The molecule has 1 aromatic heterocycles. The van der Waals surface area contributed by atoms with Crippen LogP contribution in [0.15, 0.2) is 86.8 Å².